The van der Waals surface area contributed by atoms with Gasteiger partial charge in [-0.15, -0.1) is 0 Å². The lowest BCUT2D eigenvalue weighted by atomic mass is 10.0. The van der Waals surface area contributed by atoms with Crippen molar-refractivity contribution >= 4 is 0 Å². The van der Waals surface area contributed by atoms with E-state index in [1.807, 2.05) is 6.92 Å². The van der Waals surface area contributed by atoms with Crippen LogP contribution in [0.3, 0.4) is 0 Å². The van der Waals surface area contributed by atoms with Crippen LogP contribution in [0.1, 0.15) is 24.5 Å². The molecule has 0 saturated heterocycles. The first kappa shape index (κ1) is 15.4. The van der Waals surface area contributed by atoms with Gasteiger partial charge in [-0.2, -0.15) is 0 Å². The highest BCUT2D eigenvalue weighted by atomic mass is 19.1. The number of nitrogens with two attached hydrogens (primary N) is 1. The molecule has 0 saturated carbocycles. The largest absolute Gasteiger partial charge is 0.485 e. The van der Waals surface area contributed by atoms with Crippen LogP contribution in [0.15, 0.2) is 36.7 Å². The summed E-state index contributed by atoms with van der Waals surface area (Å²) in [4.78, 5) is 3.73. The highest BCUT2D eigenvalue weighted by Crippen LogP contribution is 2.25. The molecule has 2 rings (SSSR count). The van der Waals surface area contributed by atoms with Gasteiger partial charge in [0.15, 0.2) is 11.6 Å². The smallest absolute Gasteiger partial charge is 0.165 e. The molecule has 1 aromatic heterocycles. The van der Waals surface area contributed by atoms with Crippen LogP contribution >= 0.6 is 0 Å². The molecule has 1 atom stereocenters. The summed E-state index contributed by atoms with van der Waals surface area (Å²) in [5.74, 6) is -0.719. The molecule has 1 aromatic carbocycles. The summed E-state index contributed by atoms with van der Waals surface area (Å²) in [6.07, 6.45) is 3.93. The summed E-state index contributed by atoms with van der Waals surface area (Å²) in [6.45, 7) is 2.03. The second-order valence-corrected chi connectivity index (χ2v) is 4.90. The average Bonchev–Trinajstić information content (AvgIpc) is 2.46. The molecule has 0 aliphatic heterocycles. The van der Waals surface area contributed by atoms with E-state index in [4.69, 9.17) is 10.5 Å². The number of aromatic nitrogens is 1. The summed E-state index contributed by atoms with van der Waals surface area (Å²) in [5.41, 5.74) is 7.18. The van der Waals surface area contributed by atoms with Gasteiger partial charge >= 0.3 is 0 Å². The van der Waals surface area contributed by atoms with Crippen molar-refractivity contribution in [1.82, 2.24) is 4.98 Å². The van der Waals surface area contributed by atoms with Crippen LogP contribution in [0.2, 0.25) is 0 Å². The van der Waals surface area contributed by atoms with Gasteiger partial charge in [0.25, 0.3) is 0 Å². The maximum absolute atomic E-state index is 13.9. The highest BCUT2D eigenvalue weighted by Gasteiger charge is 2.13. The molecule has 2 aromatic rings. The molecule has 1 heterocycles. The minimum atomic E-state index is -0.446. The first-order chi connectivity index (χ1) is 10.1. The molecule has 5 heteroatoms. The number of halogens is 2. The molecule has 0 spiro atoms. The molecule has 2 N–H and O–H groups in total. The van der Waals surface area contributed by atoms with E-state index in [9.17, 15) is 8.78 Å². The number of ether oxygens (including phenoxy) is 1. The predicted molar refractivity (Wildman–Crippen MR) is 76.9 cm³/mol. The van der Waals surface area contributed by atoms with Gasteiger partial charge in [-0.25, -0.2) is 8.78 Å². The maximum atomic E-state index is 13.9. The Morgan fingerprint density at radius 3 is 2.81 bits per heavy atom. The van der Waals surface area contributed by atoms with Crippen molar-refractivity contribution in [3.05, 3.63) is 59.4 Å². The standard InChI is InChI=1S/C16H18F2N2O/c1-2-14(19)7-12-4-3-5-15(18)16(12)21-10-11-6-13(17)9-20-8-11/h3-6,8-9,14H,2,7,10,19H2,1H3. The first-order valence-corrected chi connectivity index (χ1v) is 6.85. The second kappa shape index (κ2) is 7.13. The SMILES string of the molecule is CCC(N)Cc1cccc(F)c1OCc1cncc(F)c1. The van der Waals surface area contributed by atoms with Crippen molar-refractivity contribution in [1.29, 1.82) is 0 Å². The number of rotatable bonds is 6. The molecule has 0 bridgehead atoms. The molecule has 0 amide bonds. The van der Waals surface area contributed by atoms with Crippen LogP contribution < -0.4 is 10.5 Å². The normalized spacial score (nSPS) is 12.2. The van der Waals surface area contributed by atoms with E-state index in [0.717, 1.165) is 12.6 Å². The van der Waals surface area contributed by atoms with Gasteiger partial charge in [0.2, 0.25) is 0 Å². The summed E-state index contributed by atoms with van der Waals surface area (Å²) >= 11 is 0. The van der Waals surface area contributed by atoms with Crippen molar-refractivity contribution in [3.8, 4) is 5.75 Å². The lowest BCUT2D eigenvalue weighted by Gasteiger charge is -2.15. The van der Waals surface area contributed by atoms with Gasteiger partial charge in [0, 0.05) is 17.8 Å². The number of nitrogens with zero attached hydrogens (tertiary/aromatic N) is 1. The van der Waals surface area contributed by atoms with Crippen LogP contribution in [0.25, 0.3) is 0 Å². The molecule has 0 aliphatic carbocycles. The Kier molecular flexibility index (Phi) is 5.22. The fraction of sp³-hybridized carbons (Fsp3) is 0.312. The minimum Gasteiger partial charge on any atom is -0.485 e. The third-order valence-electron chi connectivity index (χ3n) is 3.20. The zero-order chi connectivity index (χ0) is 15.2. The molecule has 0 fully saturated rings. The Balaban J connectivity index is 2.15. The van der Waals surface area contributed by atoms with Gasteiger partial charge in [0.1, 0.15) is 12.4 Å². The molecule has 112 valence electrons. The summed E-state index contributed by atoms with van der Waals surface area (Å²) in [7, 11) is 0. The first-order valence-electron chi connectivity index (χ1n) is 6.85. The zero-order valence-corrected chi connectivity index (χ0v) is 11.9. The number of pyridine rings is 1. The van der Waals surface area contributed by atoms with Crippen LogP contribution in [0, 0.1) is 11.6 Å². The maximum Gasteiger partial charge on any atom is 0.165 e. The molecule has 0 radical (unpaired) electrons. The number of hydrogen-bond donors (Lipinski definition) is 1. The van der Waals surface area contributed by atoms with E-state index in [0.29, 0.717) is 17.5 Å². The Bertz CT molecular complexity index is 605. The van der Waals surface area contributed by atoms with Gasteiger partial charge in [-0.05, 0) is 30.5 Å². The minimum absolute atomic E-state index is 0.0509. The number of hydrogen-bond acceptors (Lipinski definition) is 3. The van der Waals surface area contributed by atoms with E-state index >= 15 is 0 Å². The van der Waals surface area contributed by atoms with Gasteiger partial charge < -0.3 is 10.5 Å². The van der Waals surface area contributed by atoms with E-state index in [1.165, 1.54) is 18.3 Å². The number of benzene rings is 1. The summed E-state index contributed by atoms with van der Waals surface area (Å²) < 4.78 is 32.5. The van der Waals surface area contributed by atoms with Gasteiger partial charge in [-0.3, -0.25) is 4.98 Å². The van der Waals surface area contributed by atoms with Crippen molar-refractivity contribution in [2.45, 2.75) is 32.4 Å². The summed E-state index contributed by atoms with van der Waals surface area (Å²) in [5, 5.41) is 0. The predicted octanol–water partition coefficient (Wildman–Crippen LogP) is 3.22. The van der Waals surface area contributed by atoms with E-state index in [2.05, 4.69) is 4.98 Å². The third-order valence-corrected chi connectivity index (χ3v) is 3.20. The Morgan fingerprint density at radius 1 is 1.29 bits per heavy atom. The summed E-state index contributed by atoms with van der Waals surface area (Å²) in [6, 6.07) is 6.01. The van der Waals surface area contributed by atoms with E-state index < -0.39 is 11.6 Å². The molecule has 1 unspecified atom stereocenters. The topological polar surface area (TPSA) is 48.1 Å². The van der Waals surface area contributed by atoms with Crippen LogP contribution in [-0.4, -0.2) is 11.0 Å². The zero-order valence-electron chi connectivity index (χ0n) is 11.9. The Morgan fingerprint density at radius 2 is 2.10 bits per heavy atom. The van der Waals surface area contributed by atoms with Crippen molar-refractivity contribution in [3.63, 3.8) is 0 Å². The fourth-order valence-corrected chi connectivity index (χ4v) is 1.99. The second-order valence-electron chi connectivity index (χ2n) is 4.90. The van der Waals surface area contributed by atoms with E-state index in [-0.39, 0.29) is 18.4 Å². The average molecular weight is 292 g/mol. The van der Waals surface area contributed by atoms with Crippen LogP contribution in [-0.2, 0) is 13.0 Å². The third kappa shape index (κ3) is 4.23. The molecule has 0 aliphatic rings. The van der Waals surface area contributed by atoms with Gasteiger partial charge in [0.05, 0.1) is 6.20 Å². The van der Waals surface area contributed by atoms with Crippen molar-refractivity contribution in [2.24, 2.45) is 5.73 Å². The van der Waals surface area contributed by atoms with Crippen molar-refractivity contribution in [2.75, 3.05) is 0 Å². The van der Waals surface area contributed by atoms with Crippen molar-refractivity contribution < 1.29 is 13.5 Å². The molecular formula is C16H18F2N2O. The molecular weight excluding hydrogens is 274 g/mol. The Labute approximate surface area is 122 Å². The lowest BCUT2D eigenvalue weighted by molar-refractivity contribution is 0.285. The van der Waals surface area contributed by atoms with E-state index in [1.54, 1.807) is 12.1 Å². The quantitative estimate of drug-likeness (QED) is 0.889. The number of para-hydroxylation sites is 1. The van der Waals surface area contributed by atoms with Crippen LogP contribution in [0.5, 0.6) is 5.75 Å². The fourth-order valence-electron chi connectivity index (χ4n) is 1.99. The van der Waals surface area contributed by atoms with Gasteiger partial charge in [-0.1, -0.05) is 19.1 Å². The Hall–Kier alpha value is -2.01. The molecule has 21 heavy (non-hydrogen) atoms. The molecule has 3 nitrogen and oxygen atoms in total. The highest BCUT2D eigenvalue weighted by molar-refractivity contribution is 5.35. The van der Waals surface area contributed by atoms with Crippen LogP contribution in [0.4, 0.5) is 8.78 Å². The lowest BCUT2D eigenvalue weighted by Crippen LogP contribution is -2.22. The monoisotopic (exact) mass is 292 g/mol.